The molecule has 0 bridgehead atoms. The minimum Gasteiger partial charge on any atom is -0.471 e. The van der Waals surface area contributed by atoms with Gasteiger partial charge in [0.25, 0.3) is 5.88 Å². The van der Waals surface area contributed by atoms with Crippen molar-refractivity contribution in [2.45, 2.75) is 26.9 Å². The molecule has 0 aliphatic carbocycles. The standard InChI is InChI=1S/C12H15N3O2/c1-8(2)16-12-11(9(3)14-15-12)17-10-5-4-6-13-7-10/h4-8H,1-3H3,(H,14,15). The summed E-state index contributed by atoms with van der Waals surface area (Å²) >= 11 is 0. The minimum absolute atomic E-state index is 0.0500. The van der Waals surface area contributed by atoms with Gasteiger partial charge < -0.3 is 9.47 Å². The Bertz CT molecular complexity index is 480. The molecule has 0 atom stereocenters. The van der Waals surface area contributed by atoms with Gasteiger partial charge in [0.15, 0.2) is 0 Å². The van der Waals surface area contributed by atoms with Crippen LogP contribution in [0.2, 0.25) is 0 Å². The van der Waals surface area contributed by atoms with E-state index in [1.54, 1.807) is 12.4 Å². The summed E-state index contributed by atoms with van der Waals surface area (Å²) < 4.78 is 11.3. The van der Waals surface area contributed by atoms with Crippen LogP contribution < -0.4 is 9.47 Å². The SMILES string of the molecule is Cc1[nH]nc(OC(C)C)c1Oc1cccnc1. The van der Waals surface area contributed by atoms with E-state index in [4.69, 9.17) is 9.47 Å². The van der Waals surface area contributed by atoms with Crippen LogP contribution in [-0.2, 0) is 0 Å². The van der Waals surface area contributed by atoms with Gasteiger partial charge in [-0.3, -0.25) is 10.1 Å². The molecule has 2 aromatic heterocycles. The van der Waals surface area contributed by atoms with Gasteiger partial charge in [0.1, 0.15) is 5.75 Å². The Morgan fingerprint density at radius 3 is 2.82 bits per heavy atom. The first-order chi connectivity index (χ1) is 8.16. The zero-order valence-electron chi connectivity index (χ0n) is 10.1. The number of hydrogen-bond donors (Lipinski definition) is 1. The molecule has 1 N–H and O–H groups in total. The normalized spacial score (nSPS) is 10.6. The number of aromatic nitrogens is 3. The maximum Gasteiger partial charge on any atom is 0.276 e. The molecule has 0 saturated heterocycles. The number of pyridine rings is 1. The molecular formula is C12H15N3O2. The first-order valence-corrected chi connectivity index (χ1v) is 5.46. The predicted octanol–water partition coefficient (Wildman–Crippen LogP) is 2.69. The van der Waals surface area contributed by atoms with Crippen molar-refractivity contribution in [3.63, 3.8) is 0 Å². The van der Waals surface area contributed by atoms with Crippen molar-refractivity contribution >= 4 is 0 Å². The van der Waals surface area contributed by atoms with Crippen molar-refractivity contribution < 1.29 is 9.47 Å². The van der Waals surface area contributed by atoms with Gasteiger partial charge in [-0.2, -0.15) is 0 Å². The average molecular weight is 233 g/mol. The van der Waals surface area contributed by atoms with Crippen molar-refractivity contribution in [2.24, 2.45) is 0 Å². The number of aromatic amines is 1. The lowest BCUT2D eigenvalue weighted by Crippen LogP contribution is -2.06. The summed E-state index contributed by atoms with van der Waals surface area (Å²) in [7, 11) is 0. The highest BCUT2D eigenvalue weighted by atomic mass is 16.5. The molecule has 0 aliphatic rings. The van der Waals surface area contributed by atoms with Crippen molar-refractivity contribution in [1.29, 1.82) is 0 Å². The van der Waals surface area contributed by atoms with Crippen LogP contribution in [0.15, 0.2) is 24.5 Å². The van der Waals surface area contributed by atoms with Crippen LogP contribution in [0, 0.1) is 6.92 Å². The Morgan fingerprint density at radius 1 is 1.35 bits per heavy atom. The van der Waals surface area contributed by atoms with Gasteiger partial charge in [0.2, 0.25) is 5.75 Å². The molecule has 0 unspecified atom stereocenters. The quantitative estimate of drug-likeness (QED) is 0.882. The minimum atomic E-state index is 0.0500. The lowest BCUT2D eigenvalue weighted by molar-refractivity contribution is 0.224. The van der Waals surface area contributed by atoms with E-state index in [1.807, 2.05) is 32.9 Å². The average Bonchev–Trinajstić information content (AvgIpc) is 2.62. The molecule has 2 aromatic rings. The molecule has 0 spiro atoms. The number of nitrogens with one attached hydrogen (secondary N) is 1. The molecule has 0 saturated carbocycles. The fourth-order valence-electron chi connectivity index (χ4n) is 1.35. The molecule has 2 rings (SSSR count). The van der Waals surface area contributed by atoms with Crippen LogP contribution >= 0.6 is 0 Å². The highest BCUT2D eigenvalue weighted by molar-refractivity contribution is 5.40. The Balaban J connectivity index is 2.23. The van der Waals surface area contributed by atoms with E-state index in [-0.39, 0.29) is 6.10 Å². The maximum absolute atomic E-state index is 5.70. The molecule has 0 fully saturated rings. The highest BCUT2D eigenvalue weighted by Crippen LogP contribution is 2.32. The first-order valence-electron chi connectivity index (χ1n) is 5.46. The number of H-pyrrole nitrogens is 1. The number of aryl methyl sites for hydroxylation is 1. The number of hydrogen-bond acceptors (Lipinski definition) is 4. The summed E-state index contributed by atoms with van der Waals surface area (Å²) in [5.74, 6) is 1.73. The number of rotatable bonds is 4. The van der Waals surface area contributed by atoms with E-state index < -0.39 is 0 Å². The van der Waals surface area contributed by atoms with Gasteiger partial charge in [-0.1, -0.05) is 0 Å². The predicted molar refractivity (Wildman–Crippen MR) is 63.4 cm³/mol. The summed E-state index contributed by atoms with van der Waals surface area (Å²) in [5.41, 5.74) is 0.824. The third kappa shape index (κ3) is 2.75. The van der Waals surface area contributed by atoms with Gasteiger partial charge in [0, 0.05) is 6.20 Å². The van der Waals surface area contributed by atoms with Gasteiger partial charge >= 0.3 is 0 Å². The second-order valence-electron chi connectivity index (χ2n) is 3.94. The lowest BCUT2D eigenvalue weighted by atomic mass is 10.4. The smallest absolute Gasteiger partial charge is 0.276 e. The van der Waals surface area contributed by atoms with E-state index in [2.05, 4.69) is 15.2 Å². The topological polar surface area (TPSA) is 60.0 Å². The Labute approximate surface area is 99.8 Å². The van der Waals surface area contributed by atoms with Gasteiger partial charge in [-0.15, -0.1) is 5.10 Å². The van der Waals surface area contributed by atoms with Crippen LogP contribution in [0.4, 0.5) is 0 Å². The molecule has 2 heterocycles. The van der Waals surface area contributed by atoms with Gasteiger partial charge in [-0.05, 0) is 32.9 Å². The maximum atomic E-state index is 5.70. The lowest BCUT2D eigenvalue weighted by Gasteiger charge is -2.09. The second kappa shape index (κ2) is 4.86. The van der Waals surface area contributed by atoms with Crippen molar-refractivity contribution in [1.82, 2.24) is 15.2 Å². The van der Waals surface area contributed by atoms with Crippen molar-refractivity contribution in [3.05, 3.63) is 30.2 Å². The fraction of sp³-hybridized carbons (Fsp3) is 0.333. The van der Waals surface area contributed by atoms with E-state index in [9.17, 15) is 0 Å². The van der Waals surface area contributed by atoms with Gasteiger partial charge in [-0.25, -0.2) is 0 Å². The number of nitrogens with zero attached hydrogens (tertiary/aromatic N) is 2. The van der Waals surface area contributed by atoms with Gasteiger partial charge in [0.05, 0.1) is 18.0 Å². The van der Waals surface area contributed by atoms with E-state index >= 15 is 0 Å². The van der Waals surface area contributed by atoms with E-state index in [0.29, 0.717) is 17.4 Å². The summed E-state index contributed by atoms with van der Waals surface area (Å²) in [4.78, 5) is 3.99. The molecule has 5 nitrogen and oxygen atoms in total. The molecule has 90 valence electrons. The molecule has 0 aliphatic heterocycles. The van der Waals surface area contributed by atoms with Crippen LogP contribution in [-0.4, -0.2) is 21.3 Å². The van der Waals surface area contributed by atoms with Crippen LogP contribution in [0.5, 0.6) is 17.4 Å². The summed E-state index contributed by atoms with van der Waals surface area (Å²) in [6.45, 7) is 5.77. The third-order valence-corrected chi connectivity index (χ3v) is 2.06. The van der Waals surface area contributed by atoms with Crippen molar-refractivity contribution in [2.75, 3.05) is 0 Å². The zero-order valence-corrected chi connectivity index (χ0v) is 10.1. The van der Waals surface area contributed by atoms with E-state index in [0.717, 1.165) is 5.69 Å². The highest BCUT2D eigenvalue weighted by Gasteiger charge is 2.15. The van der Waals surface area contributed by atoms with Crippen LogP contribution in [0.3, 0.4) is 0 Å². The molecule has 5 heteroatoms. The van der Waals surface area contributed by atoms with Crippen LogP contribution in [0.25, 0.3) is 0 Å². The second-order valence-corrected chi connectivity index (χ2v) is 3.94. The third-order valence-electron chi connectivity index (χ3n) is 2.06. The fourth-order valence-corrected chi connectivity index (χ4v) is 1.35. The molecule has 0 radical (unpaired) electrons. The molecule has 17 heavy (non-hydrogen) atoms. The molecule has 0 aromatic carbocycles. The van der Waals surface area contributed by atoms with Crippen LogP contribution in [0.1, 0.15) is 19.5 Å². The Hall–Kier alpha value is -2.04. The molecule has 0 amide bonds. The van der Waals surface area contributed by atoms with Crippen molar-refractivity contribution in [3.8, 4) is 17.4 Å². The largest absolute Gasteiger partial charge is 0.471 e. The molecular weight excluding hydrogens is 218 g/mol. The number of ether oxygens (including phenoxy) is 2. The summed E-state index contributed by atoms with van der Waals surface area (Å²) in [6, 6.07) is 3.65. The monoisotopic (exact) mass is 233 g/mol. The summed E-state index contributed by atoms with van der Waals surface area (Å²) in [6.07, 6.45) is 3.39. The Morgan fingerprint density at radius 2 is 2.18 bits per heavy atom. The Kier molecular flexibility index (Phi) is 3.27. The first kappa shape index (κ1) is 11.4. The summed E-state index contributed by atoms with van der Waals surface area (Å²) in [5, 5.41) is 6.90. The van der Waals surface area contributed by atoms with E-state index in [1.165, 1.54) is 0 Å². The zero-order chi connectivity index (χ0) is 12.3.